The highest BCUT2D eigenvalue weighted by Crippen LogP contribution is 2.24. The number of aliphatic carboxylic acids is 1. The second-order valence-electron chi connectivity index (χ2n) is 4.75. The fourth-order valence-electron chi connectivity index (χ4n) is 2.34. The molecule has 0 spiro atoms. The Kier molecular flexibility index (Phi) is 5.20. The largest absolute Gasteiger partial charge is 0.480 e. The summed E-state index contributed by atoms with van der Waals surface area (Å²) in [6.07, 6.45) is 1.56. The first-order valence-electron chi connectivity index (χ1n) is 6.57. The summed E-state index contributed by atoms with van der Waals surface area (Å²) in [5.41, 5.74) is 3.39. The molecule has 0 bridgehead atoms. The van der Waals surface area contributed by atoms with Gasteiger partial charge in [-0.1, -0.05) is 31.5 Å². The van der Waals surface area contributed by atoms with Crippen molar-refractivity contribution in [2.24, 2.45) is 0 Å². The van der Waals surface area contributed by atoms with E-state index in [1.165, 1.54) is 5.56 Å². The minimum absolute atomic E-state index is 0.439. The number of carboxylic acid groups (broad SMARTS) is 1. The molecule has 0 aliphatic heterocycles. The van der Waals surface area contributed by atoms with Gasteiger partial charge in [0.2, 0.25) is 0 Å². The van der Waals surface area contributed by atoms with Crippen LogP contribution >= 0.6 is 0 Å². The Morgan fingerprint density at radius 1 is 1.33 bits per heavy atom. The molecule has 0 unspecified atom stereocenters. The minimum atomic E-state index is -0.745. The molecule has 18 heavy (non-hydrogen) atoms. The molecule has 0 saturated heterocycles. The summed E-state index contributed by atoms with van der Waals surface area (Å²) < 4.78 is 0. The normalized spacial score (nSPS) is 12.2. The smallest absolute Gasteiger partial charge is 0.326 e. The van der Waals surface area contributed by atoms with Crippen molar-refractivity contribution in [1.82, 2.24) is 0 Å². The van der Waals surface area contributed by atoms with Crippen LogP contribution in [-0.2, 0) is 4.79 Å². The van der Waals surface area contributed by atoms with E-state index in [1.807, 2.05) is 30.9 Å². The number of hydrogen-bond acceptors (Lipinski definition) is 2. The number of rotatable bonds is 6. The summed E-state index contributed by atoms with van der Waals surface area (Å²) >= 11 is 0. The highest BCUT2D eigenvalue weighted by atomic mass is 16.4. The van der Waals surface area contributed by atoms with Crippen LogP contribution in [0, 0.1) is 13.8 Å². The second-order valence-corrected chi connectivity index (χ2v) is 4.75. The van der Waals surface area contributed by atoms with Crippen molar-refractivity contribution < 1.29 is 9.90 Å². The van der Waals surface area contributed by atoms with Gasteiger partial charge in [-0.15, -0.1) is 0 Å². The molecule has 0 saturated carbocycles. The van der Waals surface area contributed by atoms with Gasteiger partial charge in [0.05, 0.1) is 0 Å². The first-order chi connectivity index (χ1) is 8.51. The van der Waals surface area contributed by atoms with Crippen molar-refractivity contribution in [3.05, 3.63) is 29.3 Å². The summed E-state index contributed by atoms with van der Waals surface area (Å²) in [5.74, 6) is -0.745. The van der Waals surface area contributed by atoms with Crippen LogP contribution in [0.5, 0.6) is 0 Å². The number of carbonyl (C=O) groups is 1. The van der Waals surface area contributed by atoms with E-state index in [2.05, 4.69) is 19.9 Å². The average Bonchev–Trinajstić information content (AvgIpc) is 2.28. The van der Waals surface area contributed by atoms with Crippen molar-refractivity contribution in [1.29, 1.82) is 0 Å². The third kappa shape index (κ3) is 3.25. The van der Waals surface area contributed by atoms with Gasteiger partial charge in [0.1, 0.15) is 6.04 Å². The molecular formula is C15H23NO2. The van der Waals surface area contributed by atoms with E-state index in [9.17, 15) is 9.90 Å². The Labute approximate surface area is 109 Å². The van der Waals surface area contributed by atoms with Crippen LogP contribution in [0.25, 0.3) is 0 Å². The molecule has 0 aliphatic rings. The van der Waals surface area contributed by atoms with Gasteiger partial charge < -0.3 is 10.0 Å². The molecule has 1 aromatic carbocycles. The van der Waals surface area contributed by atoms with Crippen LogP contribution in [0.1, 0.15) is 37.8 Å². The van der Waals surface area contributed by atoms with E-state index in [0.717, 1.165) is 24.2 Å². The van der Waals surface area contributed by atoms with E-state index in [0.29, 0.717) is 6.42 Å². The molecule has 0 radical (unpaired) electrons. The zero-order chi connectivity index (χ0) is 13.7. The van der Waals surface area contributed by atoms with Gasteiger partial charge in [-0.2, -0.15) is 0 Å². The summed E-state index contributed by atoms with van der Waals surface area (Å²) in [6, 6.07) is 5.74. The number of aryl methyl sites for hydroxylation is 2. The molecule has 1 N–H and O–H groups in total. The van der Waals surface area contributed by atoms with Gasteiger partial charge >= 0.3 is 5.97 Å². The van der Waals surface area contributed by atoms with E-state index in [-0.39, 0.29) is 0 Å². The van der Waals surface area contributed by atoms with Crippen LogP contribution < -0.4 is 4.90 Å². The van der Waals surface area contributed by atoms with Crippen LogP contribution in [0.4, 0.5) is 5.69 Å². The number of benzene rings is 1. The first-order valence-corrected chi connectivity index (χ1v) is 6.57. The SMILES string of the molecule is CCCN(c1ccc(C)cc1C)[C@@H](CC)C(=O)O. The standard InChI is InChI=1S/C15H23NO2/c1-5-9-16(13(6-2)15(17)18)14-8-7-11(3)10-12(14)4/h7-8,10,13H,5-6,9H2,1-4H3,(H,17,18)/t13-/m0/s1. The van der Waals surface area contributed by atoms with Gasteiger partial charge in [0.15, 0.2) is 0 Å². The predicted molar refractivity (Wildman–Crippen MR) is 75.3 cm³/mol. The predicted octanol–water partition coefficient (Wildman–Crippen LogP) is 3.38. The molecule has 0 amide bonds. The van der Waals surface area contributed by atoms with Crippen LogP contribution in [0.3, 0.4) is 0 Å². The fraction of sp³-hybridized carbons (Fsp3) is 0.533. The molecule has 0 aliphatic carbocycles. The van der Waals surface area contributed by atoms with Crippen molar-refractivity contribution in [3.8, 4) is 0 Å². The zero-order valence-electron chi connectivity index (χ0n) is 11.7. The third-order valence-electron chi connectivity index (χ3n) is 3.17. The minimum Gasteiger partial charge on any atom is -0.480 e. The van der Waals surface area contributed by atoms with Gasteiger partial charge in [-0.25, -0.2) is 4.79 Å². The van der Waals surface area contributed by atoms with Gasteiger partial charge in [-0.05, 0) is 38.3 Å². The topological polar surface area (TPSA) is 40.5 Å². The Balaban J connectivity index is 3.14. The lowest BCUT2D eigenvalue weighted by molar-refractivity contribution is -0.138. The van der Waals surface area contributed by atoms with Gasteiger partial charge in [-0.3, -0.25) is 0 Å². The number of nitrogens with zero attached hydrogens (tertiary/aromatic N) is 1. The van der Waals surface area contributed by atoms with Crippen LogP contribution in [0.2, 0.25) is 0 Å². The summed E-state index contributed by atoms with van der Waals surface area (Å²) in [4.78, 5) is 13.4. The highest BCUT2D eigenvalue weighted by Gasteiger charge is 2.24. The van der Waals surface area contributed by atoms with Gasteiger partial charge in [0, 0.05) is 12.2 Å². The maximum atomic E-state index is 11.4. The van der Waals surface area contributed by atoms with Crippen molar-refractivity contribution in [3.63, 3.8) is 0 Å². The maximum Gasteiger partial charge on any atom is 0.326 e. The monoisotopic (exact) mass is 249 g/mol. The van der Waals surface area contributed by atoms with E-state index < -0.39 is 12.0 Å². The number of hydrogen-bond donors (Lipinski definition) is 1. The van der Waals surface area contributed by atoms with Crippen molar-refractivity contribution >= 4 is 11.7 Å². The van der Waals surface area contributed by atoms with Crippen molar-refractivity contribution in [2.45, 2.75) is 46.6 Å². The number of anilines is 1. The third-order valence-corrected chi connectivity index (χ3v) is 3.17. The highest BCUT2D eigenvalue weighted by molar-refractivity contribution is 5.78. The summed E-state index contributed by atoms with van der Waals surface area (Å²) in [5, 5.41) is 9.34. The molecule has 0 fully saturated rings. The molecule has 0 aromatic heterocycles. The first kappa shape index (κ1) is 14.6. The second kappa shape index (κ2) is 6.43. The molecule has 100 valence electrons. The lowest BCUT2D eigenvalue weighted by atomic mass is 10.1. The molecule has 0 heterocycles. The molecule has 3 nitrogen and oxygen atoms in total. The average molecular weight is 249 g/mol. The maximum absolute atomic E-state index is 11.4. The zero-order valence-corrected chi connectivity index (χ0v) is 11.7. The Morgan fingerprint density at radius 3 is 2.44 bits per heavy atom. The van der Waals surface area contributed by atoms with Crippen LogP contribution in [0.15, 0.2) is 18.2 Å². The van der Waals surface area contributed by atoms with Gasteiger partial charge in [0.25, 0.3) is 0 Å². The Bertz CT molecular complexity index is 415. The Hall–Kier alpha value is -1.51. The van der Waals surface area contributed by atoms with Crippen molar-refractivity contribution in [2.75, 3.05) is 11.4 Å². The van der Waals surface area contributed by atoms with Crippen LogP contribution in [-0.4, -0.2) is 23.7 Å². The van der Waals surface area contributed by atoms with E-state index >= 15 is 0 Å². The van der Waals surface area contributed by atoms with E-state index in [4.69, 9.17) is 0 Å². The quantitative estimate of drug-likeness (QED) is 0.840. The lowest BCUT2D eigenvalue weighted by Gasteiger charge is -2.31. The molecule has 1 rings (SSSR count). The number of carboxylic acids is 1. The fourth-order valence-corrected chi connectivity index (χ4v) is 2.34. The summed E-state index contributed by atoms with van der Waals surface area (Å²) in [6.45, 7) is 8.86. The molecule has 1 aromatic rings. The van der Waals surface area contributed by atoms with E-state index in [1.54, 1.807) is 0 Å². The molecule has 3 heteroatoms. The Morgan fingerprint density at radius 2 is 2.00 bits per heavy atom. The molecular weight excluding hydrogens is 226 g/mol. The lowest BCUT2D eigenvalue weighted by Crippen LogP contribution is -2.41. The summed E-state index contributed by atoms with van der Waals surface area (Å²) in [7, 11) is 0. The molecule has 1 atom stereocenters.